The van der Waals surface area contributed by atoms with Gasteiger partial charge in [0.2, 0.25) is 0 Å². The van der Waals surface area contributed by atoms with Crippen LogP contribution in [-0.4, -0.2) is 11.2 Å². The highest BCUT2D eigenvalue weighted by Crippen LogP contribution is 2.29. The van der Waals surface area contributed by atoms with E-state index in [0.717, 1.165) is 16.8 Å². The van der Waals surface area contributed by atoms with Gasteiger partial charge in [-0.25, -0.2) is 0 Å². The van der Waals surface area contributed by atoms with Crippen molar-refractivity contribution in [3.8, 4) is 11.5 Å². The Balaban J connectivity index is 2.07. The topological polar surface area (TPSA) is 41.5 Å². The van der Waals surface area contributed by atoms with Crippen molar-refractivity contribution in [2.75, 3.05) is 5.32 Å². The number of phenolic OH excluding ortho intramolecular Hbond substituents is 1. The molecule has 0 aromatic heterocycles. The third kappa shape index (κ3) is 4.30. The quantitative estimate of drug-likeness (QED) is 0.837. The van der Waals surface area contributed by atoms with Crippen molar-refractivity contribution < 1.29 is 9.84 Å². The van der Waals surface area contributed by atoms with Gasteiger partial charge in [0.1, 0.15) is 11.5 Å². The van der Waals surface area contributed by atoms with Crippen LogP contribution in [0, 0.1) is 6.92 Å². The fourth-order valence-electron chi connectivity index (χ4n) is 2.01. The van der Waals surface area contributed by atoms with Crippen LogP contribution >= 0.6 is 11.6 Å². The standard InChI is InChI=1S/C17H20ClNO2/c1-11(2)21-17-7-5-14(9-15(17)18)19-10-13-8-12(3)4-6-16(13)20/h4-9,11,19-20H,10H2,1-3H3. The number of hydrogen-bond donors (Lipinski definition) is 2. The Morgan fingerprint density at radius 1 is 1.19 bits per heavy atom. The predicted molar refractivity (Wildman–Crippen MR) is 87.4 cm³/mol. The van der Waals surface area contributed by atoms with E-state index in [4.69, 9.17) is 16.3 Å². The minimum Gasteiger partial charge on any atom is -0.508 e. The number of ether oxygens (including phenoxy) is 1. The molecule has 0 unspecified atom stereocenters. The molecule has 0 aliphatic heterocycles. The summed E-state index contributed by atoms with van der Waals surface area (Å²) < 4.78 is 5.60. The van der Waals surface area contributed by atoms with Crippen molar-refractivity contribution in [3.05, 3.63) is 52.5 Å². The third-order valence-electron chi connectivity index (χ3n) is 3.01. The summed E-state index contributed by atoms with van der Waals surface area (Å²) in [5.41, 5.74) is 2.86. The van der Waals surface area contributed by atoms with Gasteiger partial charge in [-0.3, -0.25) is 0 Å². The van der Waals surface area contributed by atoms with Gasteiger partial charge in [-0.05, 0) is 45.0 Å². The van der Waals surface area contributed by atoms with Crippen molar-refractivity contribution in [2.45, 2.75) is 33.4 Å². The molecule has 3 nitrogen and oxygen atoms in total. The van der Waals surface area contributed by atoms with Gasteiger partial charge in [-0.15, -0.1) is 0 Å². The molecule has 0 aliphatic rings. The fourth-order valence-corrected chi connectivity index (χ4v) is 2.24. The number of anilines is 1. The number of aromatic hydroxyl groups is 1. The first kappa shape index (κ1) is 15.5. The van der Waals surface area contributed by atoms with Gasteiger partial charge in [0, 0.05) is 17.8 Å². The number of aryl methyl sites for hydroxylation is 1. The van der Waals surface area contributed by atoms with E-state index in [1.54, 1.807) is 6.07 Å². The summed E-state index contributed by atoms with van der Waals surface area (Å²) in [7, 11) is 0. The normalized spacial score (nSPS) is 10.7. The van der Waals surface area contributed by atoms with E-state index in [-0.39, 0.29) is 6.10 Å². The highest BCUT2D eigenvalue weighted by atomic mass is 35.5. The first-order chi connectivity index (χ1) is 9.95. The number of halogens is 1. The molecular weight excluding hydrogens is 286 g/mol. The molecule has 2 aromatic rings. The summed E-state index contributed by atoms with van der Waals surface area (Å²) in [6.45, 7) is 6.46. The van der Waals surface area contributed by atoms with Crippen LogP contribution in [0.15, 0.2) is 36.4 Å². The van der Waals surface area contributed by atoms with Crippen LogP contribution < -0.4 is 10.1 Å². The lowest BCUT2D eigenvalue weighted by molar-refractivity contribution is 0.242. The van der Waals surface area contributed by atoms with Crippen LogP contribution in [-0.2, 0) is 6.54 Å². The van der Waals surface area contributed by atoms with Gasteiger partial charge in [0.25, 0.3) is 0 Å². The average Bonchev–Trinajstić information content (AvgIpc) is 2.42. The molecule has 0 heterocycles. The maximum absolute atomic E-state index is 9.82. The van der Waals surface area contributed by atoms with E-state index >= 15 is 0 Å². The van der Waals surface area contributed by atoms with E-state index < -0.39 is 0 Å². The van der Waals surface area contributed by atoms with Crippen LogP contribution in [0.2, 0.25) is 5.02 Å². The zero-order chi connectivity index (χ0) is 15.4. The molecule has 2 N–H and O–H groups in total. The summed E-state index contributed by atoms with van der Waals surface area (Å²) in [6, 6.07) is 11.1. The molecule has 0 bridgehead atoms. The van der Waals surface area contributed by atoms with Crippen LogP contribution in [0.25, 0.3) is 0 Å². The van der Waals surface area contributed by atoms with Crippen molar-refractivity contribution in [2.24, 2.45) is 0 Å². The van der Waals surface area contributed by atoms with Gasteiger partial charge in [0.05, 0.1) is 11.1 Å². The highest BCUT2D eigenvalue weighted by molar-refractivity contribution is 6.32. The molecule has 0 saturated heterocycles. The van der Waals surface area contributed by atoms with Crippen LogP contribution in [0.5, 0.6) is 11.5 Å². The Kier molecular flexibility index (Phi) is 4.97. The van der Waals surface area contributed by atoms with Gasteiger partial charge in [-0.2, -0.15) is 0 Å². The maximum atomic E-state index is 9.82. The smallest absolute Gasteiger partial charge is 0.138 e. The summed E-state index contributed by atoms with van der Waals surface area (Å²) in [4.78, 5) is 0. The van der Waals surface area contributed by atoms with Crippen LogP contribution in [0.4, 0.5) is 5.69 Å². The molecule has 0 spiro atoms. The molecule has 2 rings (SSSR count). The van der Waals surface area contributed by atoms with E-state index in [9.17, 15) is 5.11 Å². The van der Waals surface area contributed by atoms with E-state index in [0.29, 0.717) is 23.1 Å². The lowest BCUT2D eigenvalue weighted by Gasteiger charge is -2.13. The molecule has 0 aliphatic carbocycles. The molecule has 0 radical (unpaired) electrons. The summed E-state index contributed by atoms with van der Waals surface area (Å²) >= 11 is 6.20. The van der Waals surface area contributed by atoms with Crippen molar-refractivity contribution in [1.29, 1.82) is 0 Å². The molecule has 0 amide bonds. The Morgan fingerprint density at radius 3 is 2.62 bits per heavy atom. The second kappa shape index (κ2) is 6.72. The summed E-state index contributed by atoms with van der Waals surface area (Å²) in [5, 5.41) is 13.6. The number of hydrogen-bond acceptors (Lipinski definition) is 3. The van der Waals surface area contributed by atoms with Crippen molar-refractivity contribution in [3.63, 3.8) is 0 Å². The SMILES string of the molecule is Cc1ccc(O)c(CNc2ccc(OC(C)C)c(Cl)c2)c1. The maximum Gasteiger partial charge on any atom is 0.138 e. The van der Waals surface area contributed by atoms with Crippen molar-refractivity contribution >= 4 is 17.3 Å². The molecule has 2 aromatic carbocycles. The Hall–Kier alpha value is -1.87. The van der Waals surface area contributed by atoms with Crippen molar-refractivity contribution in [1.82, 2.24) is 0 Å². The second-order valence-electron chi connectivity index (χ2n) is 5.30. The average molecular weight is 306 g/mol. The fraction of sp³-hybridized carbons (Fsp3) is 0.294. The molecular formula is C17H20ClNO2. The van der Waals surface area contributed by atoms with Gasteiger partial charge >= 0.3 is 0 Å². The molecule has 0 atom stereocenters. The number of benzene rings is 2. The lowest BCUT2D eigenvalue weighted by atomic mass is 10.1. The number of rotatable bonds is 5. The third-order valence-corrected chi connectivity index (χ3v) is 3.31. The first-order valence-corrected chi connectivity index (χ1v) is 7.32. The van der Waals surface area contributed by atoms with E-state index in [1.165, 1.54) is 0 Å². The van der Waals surface area contributed by atoms with Gasteiger partial charge < -0.3 is 15.2 Å². The van der Waals surface area contributed by atoms with Crippen LogP contribution in [0.1, 0.15) is 25.0 Å². The second-order valence-corrected chi connectivity index (χ2v) is 5.70. The monoisotopic (exact) mass is 305 g/mol. The zero-order valence-corrected chi connectivity index (χ0v) is 13.2. The summed E-state index contributed by atoms with van der Waals surface area (Å²) in [5.74, 6) is 0.967. The van der Waals surface area contributed by atoms with Crippen LogP contribution in [0.3, 0.4) is 0 Å². The lowest BCUT2D eigenvalue weighted by Crippen LogP contribution is -2.06. The molecule has 0 saturated carbocycles. The molecule has 0 fully saturated rings. The zero-order valence-electron chi connectivity index (χ0n) is 12.5. The molecule has 112 valence electrons. The highest BCUT2D eigenvalue weighted by Gasteiger charge is 2.06. The minimum atomic E-state index is 0.0885. The van der Waals surface area contributed by atoms with E-state index in [2.05, 4.69) is 5.32 Å². The number of nitrogens with one attached hydrogen (secondary N) is 1. The first-order valence-electron chi connectivity index (χ1n) is 6.94. The summed E-state index contributed by atoms with van der Waals surface area (Å²) in [6.07, 6.45) is 0.0885. The predicted octanol–water partition coefficient (Wildman–Crippen LogP) is 4.75. The Morgan fingerprint density at radius 2 is 1.95 bits per heavy atom. The van der Waals surface area contributed by atoms with Gasteiger partial charge in [-0.1, -0.05) is 29.3 Å². The van der Waals surface area contributed by atoms with Gasteiger partial charge in [0.15, 0.2) is 0 Å². The number of phenols is 1. The largest absolute Gasteiger partial charge is 0.508 e. The molecule has 21 heavy (non-hydrogen) atoms. The Labute approximate surface area is 130 Å². The Bertz CT molecular complexity index is 626. The van der Waals surface area contributed by atoms with E-state index in [1.807, 2.05) is 51.1 Å². The minimum absolute atomic E-state index is 0.0885. The molecule has 4 heteroatoms.